The zero-order valence-corrected chi connectivity index (χ0v) is 14.6. The van der Waals surface area contributed by atoms with Gasteiger partial charge in [-0.05, 0) is 42.0 Å². The van der Waals surface area contributed by atoms with Crippen LogP contribution in [0.4, 0.5) is 16.2 Å². The van der Waals surface area contributed by atoms with Gasteiger partial charge in [0.05, 0.1) is 6.54 Å². The maximum absolute atomic E-state index is 12.5. The smallest absolute Gasteiger partial charge is 0.321 e. The summed E-state index contributed by atoms with van der Waals surface area (Å²) in [5.41, 5.74) is 3.78. The van der Waals surface area contributed by atoms with Gasteiger partial charge in [-0.25, -0.2) is 4.79 Å². The van der Waals surface area contributed by atoms with Gasteiger partial charge in [-0.1, -0.05) is 54.1 Å². The number of rotatable bonds is 2. The molecule has 0 saturated carbocycles. The fraction of sp³-hybridized carbons (Fsp3) is 0.0476. The third-order valence-corrected chi connectivity index (χ3v) is 4.47. The lowest BCUT2D eigenvalue weighted by Crippen LogP contribution is -2.26. The highest BCUT2D eigenvalue weighted by Gasteiger charge is 2.27. The molecule has 3 aromatic rings. The van der Waals surface area contributed by atoms with Crippen LogP contribution in [0.3, 0.4) is 0 Å². The standard InChI is InChI=1S/C21H16ClN3O/c22-16-10-12-17(13-11-16)23-21(26)24-20-19-9-5-4-6-15(19)14-25(20)18-7-2-1-3-8-18/h1-13H,14H2,(H,23,26)/b24-20+. The first-order chi connectivity index (χ1) is 12.7. The lowest BCUT2D eigenvalue weighted by Gasteiger charge is -2.19. The van der Waals surface area contributed by atoms with E-state index in [1.807, 2.05) is 53.4 Å². The van der Waals surface area contributed by atoms with Gasteiger partial charge in [0.2, 0.25) is 0 Å². The number of para-hydroxylation sites is 1. The highest BCUT2D eigenvalue weighted by atomic mass is 35.5. The van der Waals surface area contributed by atoms with Crippen LogP contribution in [0.25, 0.3) is 0 Å². The van der Waals surface area contributed by atoms with Crippen molar-refractivity contribution in [3.05, 3.63) is 95.0 Å². The van der Waals surface area contributed by atoms with Crippen LogP contribution in [0.5, 0.6) is 0 Å². The lowest BCUT2D eigenvalue weighted by molar-refractivity contribution is 0.259. The van der Waals surface area contributed by atoms with Gasteiger partial charge in [0.25, 0.3) is 0 Å². The molecule has 0 unspecified atom stereocenters. The zero-order valence-electron chi connectivity index (χ0n) is 13.9. The summed E-state index contributed by atoms with van der Waals surface area (Å²) < 4.78 is 0. The van der Waals surface area contributed by atoms with E-state index in [1.165, 1.54) is 0 Å². The first kappa shape index (κ1) is 16.4. The number of fused-ring (bicyclic) bond motifs is 1. The van der Waals surface area contributed by atoms with Crippen LogP contribution in [0.1, 0.15) is 11.1 Å². The Kier molecular flexibility index (Phi) is 4.42. The quantitative estimate of drug-likeness (QED) is 0.669. The van der Waals surface area contributed by atoms with Crippen LogP contribution in [0, 0.1) is 0 Å². The van der Waals surface area contributed by atoms with E-state index in [0.29, 0.717) is 23.1 Å². The van der Waals surface area contributed by atoms with E-state index in [2.05, 4.69) is 16.4 Å². The lowest BCUT2D eigenvalue weighted by atomic mass is 10.1. The molecule has 0 radical (unpaired) electrons. The molecule has 1 aliphatic rings. The minimum absolute atomic E-state index is 0.417. The largest absolute Gasteiger partial charge is 0.347 e. The first-order valence-electron chi connectivity index (χ1n) is 8.27. The van der Waals surface area contributed by atoms with Crippen molar-refractivity contribution in [2.24, 2.45) is 4.99 Å². The van der Waals surface area contributed by atoms with E-state index < -0.39 is 6.03 Å². The Morgan fingerprint density at radius 2 is 1.62 bits per heavy atom. The van der Waals surface area contributed by atoms with Gasteiger partial charge in [-0.15, -0.1) is 0 Å². The summed E-state index contributed by atoms with van der Waals surface area (Å²) >= 11 is 5.88. The monoisotopic (exact) mass is 361 g/mol. The highest BCUT2D eigenvalue weighted by molar-refractivity contribution is 6.30. The van der Waals surface area contributed by atoms with Gasteiger partial charge >= 0.3 is 6.03 Å². The number of carbonyl (C=O) groups excluding carboxylic acids is 1. The summed E-state index contributed by atoms with van der Waals surface area (Å²) in [4.78, 5) is 18.9. The number of benzene rings is 3. The van der Waals surface area contributed by atoms with Gasteiger partial charge in [-0.3, -0.25) is 0 Å². The van der Waals surface area contributed by atoms with Gasteiger partial charge in [0.15, 0.2) is 0 Å². The molecule has 1 heterocycles. The molecule has 128 valence electrons. The van der Waals surface area contributed by atoms with E-state index in [-0.39, 0.29) is 0 Å². The molecular weight excluding hydrogens is 346 g/mol. The molecule has 1 aliphatic heterocycles. The van der Waals surface area contributed by atoms with Gasteiger partial charge in [-0.2, -0.15) is 4.99 Å². The maximum atomic E-state index is 12.5. The Balaban J connectivity index is 1.67. The number of carbonyl (C=O) groups is 1. The van der Waals surface area contributed by atoms with Crippen molar-refractivity contribution in [3.63, 3.8) is 0 Å². The second kappa shape index (κ2) is 7.02. The topological polar surface area (TPSA) is 44.7 Å². The molecule has 0 saturated heterocycles. The molecule has 3 aromatic carbocycles. The van der Waals surface area contributed by atoms with Crippen molar-refractivity contribution in [1.82, 2.24) is 0 Å². The second-order valence-electron chi connectivity index (χ2n) is 5.95. The minimum Gasteiger partial charge on any atom is -0.321 e. The van der Waals surface area contributed by atoms with Crippen molar-refractivity contribution in [2.75, 3.05) is 10.2 Å². The van der Waals surface area contributed by atoms with E-state index in [9.17, 15) is 4.79 Å². The zero-order chi connectivity index (χ0) is 17.9. The number of amidine groups is 1. The molecule has 5 heteroatoms. The summed E-state index contributed by atoms with van der Waals surface area (Å²) in [6, 6.07) is 24.5. The number of nitrogens with zero attached hydrogens (tertiary/aromatic N) is 2. The number of hydrogen-bond acceptors (Lipinski definition) is 1. The Labute approximate surface area is 156 Å². The predicted octanol–water partition coefficient (Wildman–Crippen LogP) is 5.34. The maximum Gasteiger partial charge on any atom is 0.347 e. The summed E-state index contributed by atoms with van der Waals surface area (Å²) in [6.07, 6.45) is 0. The van der Waals surface area contributed by atoms with Crippen LogP contribution in [-0.2, 0) is 6.54 Å². The molecule has 0 spiro atoms. The van der Waals surface area contributed by atoms with Crippen molar-refractivity contribution in [3.8, 4) is 0 Å². The van der Waals surface area contributed by atoms with E-state index in [4.69, 9.17) is 11.6 Å². The van der Waals surface area contributed by atoms with Crippen molar-refractivity contribution < 1.29 is 4.79 Å². The molecule has 0 fully saturated rings. The molecule has 1 N–H and O–H groups in total. The average Bonchev–Trinajstić information content (AvgIpc) is 3.03. The predicted molar refractivity (Wildman–Crippen MR) is 106 cm³/mol. The van der Waals surface area contributed by atoms with Gasteiger partial charge in [0.1, 0.15) is 5.84 Å². The summed E-state index contributed by atoms with van der Waals surface area (Å²) in [6.45, 7) is 0.688. The fourth-order valence-corrected chi connectivity index (χ4v) is 3.12. The van der Waals surface area contributed by atoms with Gasteiger partial charge in [0, 0.05) is 22.0 Å². The summed E-state index contributed by atoms with van der Waals surface area (Å²) in [7, 11) is 0. The first-order valence-corrected chi connectivity index (χ1v) is 8.64. The fourth-order valence-electron chi connectivity index (χ4n) is 2.99. The van der Waals surface area contributed by atoms with Crippen LogP contribution < -0.4 is 10.2 Å². The number of urea groups is 1. The Bertz CT molecular complexity index is 968. The third-order valence-electron chi connectivity index (χ3n) is 4.21. The number of halogens is 1. The molecule has 0 atom stereocenters. The molecule has 26 heavy (non-hydrogen) atoms. The minimum atomic E-state index is -0.417. The van der Waals surface area contributed by atoms with Gasteiger partial charge < -0.3 is 10.2 Å². The third kappa shape index (κ3) is 3.32. The Morgan fingerprint density at radius 1 is 0.923 bits per heavy atom. The Morgan fingerprint density at radius 3 is 2.38 bits per heavy atom. The molecule has 0 bridgehead atoms. The van der Waals surface area contributed by atoms with Crippen LogP contribution in [-0.4, -0.2) is 11.9 Å². The number of hydrogen-bond donors (Lipinski definition) is 1. The number of amides is 2. The SMILES string of the molecule is O=C(/N=C1\c2ccccc2CN1c1ccccc1)Nc1ccc(Cl)cc1. The van der Waals surface area contributed by atoms with E-state index >= 15 is 0 Å². The number of nitrogens with one attached hydrogen (secondary N) is 1. The molecule has 4 nitrogen and oxygen atoms in total. The van der Waals surface area contributed by atoms with E-state index in [1.54, 1.807) is 24.3 Å². The summed E-state index contributed by atoms with van der Waals surface area (Å²) in [5.74, 6) is 0.651. The normalized spacial score (nSPS) is 14.3. The van der Waals surface area contributed by atoms with Crippen molar-refractivity contribution in [2.45, 2.75) is 6.54 Å². The van der Waals surface area contributed by atoms with Crippen LogP contribution in [0.15, 0.2) is 83.9 Å². The van der Waals surface area contributed by atoms with Crippen LogP contribution >= 0.6 is 11.6 Å². The van der Waals surface area contributed by atoms with Crippen molar-refractivity contribution >= 4 is 34.8 Å². The number of anilines is 2. The van der Waals surface area contributed by atoms with Crippen molar-refractivity contribution in [1.29, 1.82) is 0 Å². The molecule has 0 aliphatic carbocycles. The molecule has 2 amide bonds. The molecular formula is C21H16ClN3O. The number of aliphatic imine (C=N–C) groups is 1. The van der Waals surface area contributed by atoms with E-state index in [0.717, 1.165) is 16.8 Å². The van der Waals surface area contributed by atoms with Crippen LogP contribution in [0.2, 0.25) is 5.02 Å². The molecule has 0 aromatic heterocycles. The Hall–Kier alpha value is -3.11. The highest BCUT2D eigenvalue weighted by Crippen LogP contribution is 2.28. The average molecular weight is 362 g/mol. The summed E-state index contributed by atoms with van der Waals surface area (Å²) in [5, 5.41) is 3.41. The second-order valence-corrected chi connectivity index (χ2v) is 6.39. The molecule has 4 rings (SSSR count).